The number of nitrogens with zero attached hydrogens (tertiary/aromatic N) is 1. The third kappa shape index (κ3) is 2.66. The highest BCUT2D eigenvalue weighted by Crippen LogP contribution is 2.29. The molecule has 0 bridgehead atoms. The van der Waals surface area contributed by atoms with Gasteiger partial charge in [0.1, 0.15) is 6.04 Å². The van der Waals surface area contributed by atoms with Crippen LogP contribution in [-0.2, 0) is 14.3 Å². The number of aliphatic hydroxyl groups excluding tert-OH is 1. The van der Waals surface area contributed by atoms with E-state index < -0.39 is 6.04 Å². The molecule has 1 unspecified atom stereocenters. The Kier molecular flexibility index (Phi) is 4.22. The van der Waals surface area contributed by atoms with Crippen LogP contribution in [0.2, 0.25) is 0 Å². The number of carbonyl (C=O) groups excluding carboxylic acids is 2. The highest BCUT2D eigenvalue weighted by atomic mass is 16.5. The van der Waals surface area contributed by atoms with E-state index in [1.165, 1.54) is 7.11 Å². The SMILES string of the molecule is COC(=O)C1CCCN1C(=O)C1CCC(O)CC1. The summed E-state index contributed by atoms with van der Waals surface area (Å²) in [4.78, 5) is 25.7. The van der Waals surface area contributed by atoms with E-state index in [4.69, 9.17) is 4.74 Å². The number of amides is 1. The molecule has 0 aromatic rings. The summed E-state index contributed by atoms with van der Waals surface area (Å²) in [7, 11) is 1.36. The molecule has 102 valence electrons. The van der Waals surface area contributed by atoms with Gasteiger partial charge in [-0.15, -0.1) is 0 Å². The number of aliphatic hydroxyl groups is 1. The van der Waals surface area contributed by atoms with Gasteiger partial charge in [0.2, 0.25) is 5.91 Å². The Morgan fingerprint density at radius 2 is 1.83 bits per heavy atom. The number of methoxy groups -OCH3 is 1. The first kappa shape index (κ1) is 13.3. The van der Waals surface area contributed by atoms with Gasteiger partial charge in [0.25, 0.3) is 0 Å². The van der Waals surface area contributed by atoms with Gasteiger partial charge < -0.3 is 14.7 Å². The van der Waals surface area contributed by atoms with Crippen molar-refractivity contribution in [3.8, 4) is 0 Å². The number of ether oxygens (including phenoxy) is 1. The van der Waals surface area contributed by atoms with Crippen LogP contribution in [0.25, 0.3) is 0 Å². The predicted molar refractivity (Wildman–Crippen MR) is 64.7 cm³/mol. The molecule has 1 N–H and O–H groups in total. The van der Waals surface area contributed by atoms with Crippen LogP contribution in [0, 0.1) is 5.92 Å². The second kappa shape index (κ2) is 5.69. The van der Waals surface area contributed by atoms with Crippen molar-refractivity contribution in [2.24, 2.45) is 5.92 Å². The summed E-state index contributed by atoms with van der Waals surface area (Å²) in [5.74, 6) is -0.273. The van der Waals surface area contributed by atoms with Gasteiger partial charge in [0, 0.05) is 12.5 Å². The molecule has 5 heteroatoms. The van der Waals surface area contributed by atoms with Crippen LogP contribution in [0.3, 0.4) is 0 Å². The van der Waals surface area contributed by atoms with E-state index in [0.29, 0.717) is 25.8 Å². The fourth-order valence-corrected chi connectivity index (χ4v) is 2.97. The number of likely N-dealkylation sites (tertiary alicyclic amines) is 1. The van der Waals surface area contributed by atoms with E-state index in [-0.39, 0.29) is 23.9 Å². The molecule has 1 atom stereocenters. The molecule has 2 aliphatic rings. The average Bonchev–Trinajstić information content (AvgIpc) is 2.87. The maximum atomic E-state index is 12.4. The van der Waals surface area contributed by atoms with E-state index in [9.17, 15) is 14.7 Å². The van der Waals surface area contributed by atoms with E-state index in [1.807, 2.05) is 0 Å². The van der Waals surface area contributed by atoms with Gasteiger partial charge in [-0.2, -0.15) is 0 Å². The molecule has 1 heterocycles. The van der Waals surface area contributed by atoms with Gasteiger partial charge in [-0.3, -0.25) is 4.79 Å². The van der Waals surface area contributed by atoms with Gasteiger partial charge in [-0.25, -0.2) is 4.79 Å². The lowest BCUT2D eigenvalue weighted by atomic mass is 9.86. The lowest BCUT2D eigenvalue weighted by molar-refractivity contribution is -0.153. The van der Waals surface area contributed by atoms with Gasteiger partial charge in [-0.05, 0) is 38.5 Å². The fourth-order valence-electron chi connectivity index (χ4n) is 2.97. The molecule has 1 aliphatic carbocycles. The number of hydrogen-bond donors (Lipinski definition) is 1. The summed E-state index contributed by atoms with van der Waals surface area (Å²) >= 11 is 0. The number of carbonyl (C=O) groups is 2. The summed E-state index contributed by atoms with van der Waals surface area (Å²) in [6.45, 7) is 0.650. The maximum absolute atomic E-state index is 12.4. The normalized spacial score (nSPS) is 32.3. The summed E-state index contributed by atoms with van der Waals surface area (Å²) in [5.41, 5.74) is 0. The first-order valence-electron chi connectivity index (χ1n) is 6.70. The van der Waals surface area contributed by atoms with E-state index in [2.05, 4.69) is 0 Å². The minimum Gasteiger partial charge on any atom is -0.467 e. The minimum absolute atomic E-state index is 0.0290. The molecule has 1 saturated carbocycles. The van der Waals surface area contributed by atoms with Crippen LogP contribution < -0.4 is 0 Å². The predicted octanol–water partition coefficient (Wildman–Crippen LogP) is 0.701. The highest BCUT2D eigenvalue weighted by Gasteiger charge is 2.38. The lowest BCUT2D eigenvalue weighted by Crippen LogP contribution is -2.45. The van der Waals surface area contributed by atoms with Crippen molar-refractivity contribution in [3.63, 3.8) is 0 Å². The maximum Gasteiger partial charge on any atom is 0.328 e. The topological polar surface area (TPSA) is 66.8 Å². The van der Waals surface area contributed by atoms with E-state index in [0.717, 1.165) is 19.3 Å². The third-order valence-electron chi connectivity index (χ3n) is 4.06. The molecule has 0 aromatic carbocycles. The van der Waals surface area contributed by atoms with Gasteiger partial charge >= 0.3 is 5.97 Å². The van der Waals surface area contributed by atoms with Crippen LogP contribution in [-0.4, -0.2) is 47.7 Å². The Hall–Kier alpha value is -1.10. The smallest absolute Gasteiger partial charge is 0.328 e. The van der Waals surface area contributed by atoms with Crippen molar-refractivity contribution in [1.82, 2.24) is 4.90 Å². The Morgan fingerprint density at radius 1 is 1.17 bits per heavy atom. The largest absolute Gasteiger partial charge is 0.467 e. The molecule has 0 spiro atoms. The van der Waals surface area contributed by atoms with Crippen molar-refractivity contribution in [2.45, 2.75) is 50.7 Å². The molecule has 2 fully saturated rings. The third-order valence-corrected chi connectivity index (χ3v) is 4.06. The second-order valence-corrected chi connectivity index (χ2v) is 5.22. The monoisotopic (exact) mass is 255 g/mol. The van der Waals surface area contributed by atoms with Crippen molar-refractivity contribution in [2.75, 3.05) is 13.7 Å². The van der Waals surface area contributed by atoms with Crippen LogP contribution in [0.5, 0.6) is 0 Å². The van der Waals surface area contributed by atoms with Crippen LogP contribution in [0.15, 0.2) is 0 Å². The summed E-state index contributed by atoms with van der Waals surface area (Å²) in [6, 6.07) is -0.394. The lowest BCUT2D eigenvalue weighted by Gasteiger charge is -2.30. The molecule has 1 amide bonds. The Bertz CT molecular complexity index is 323. The summed E-state index contributed by atoms with van der Waals surface area (Å²) in [5, 5.41) is 9.45. The van der Waals surface area contributed by atoms with Crippen LogP contribution in [0.4, 0.5) is 0 Å². The number of esters is 1. The van der Waals surface area contributed by atoms with Gasteiger partial charge in [-0.1, -0.05) is 0 Å². The Labute approximate surface area is 107 Å². The first-order valence-corrected chi connectivity index (χ1v) is 6.70. The average molecular weight is 255 g/mol. The van der Waals surface area contributed by atoms with E-state index in [1.54, 1.807) is 4.90 Å². The molecular formula is C13H21NO4. The van der Waals surface area contributed by atoms with Gasteiger partial charge in [0.05, 0.1) is 13.2 Å². The molecule has 0 aromatic heterocycles. The zero-order chi connectivity index (χ0) is 13.1. The molecule has 1 saturated heterocycles. The molecule has 1 aliphatic heterocycles. The zero-order valence-electron chi connectivity index (χ0n) is 10.8. The van der Waals surface area contributed by atoms with Crippen LogP contribution in [0.1, 0.15) is 38.5 Å². The molecule has 18 heavy (non-hydrogen) atoms. The van der Waals surface area contributed by atoms with Crippen LogP contribution >= 0.6 is 0 Å². The van der Waals surface area contributed by atoms with Crippen molar-refractivity contribution >= 4 is 11.9 Å². The standard InChI is InChI=1S/C13H21NO4/c1-18-13(17)11-3-2-8-14(11)12(16)9-4-6-10(15)7-5-9/h9-11,15H,2-8H2,1H3. The number of rotatable bonds is 2. The van der Waals surface area contributed by atoms with Crippen molar-refractivity contribution in [1.29, 1.82) is 0 Å². The molecular weight excluding hydrogens is 234 g/mol. The fraction of sp³-hybridized carbons (Fsp3) is 0.846. The van der Waals surface area contributed by atoms with Crippen molar-refractivity contribution < 1.29 is 19.4 Å². The van der Waals surface area contributed by atoms with E-state index >= 15 is 0 Å². The van der Waals surface area contributed by atoms with Crippen molar-refractivity contribution in [3.05, 3.63) is 0 Å². The molecule has 0 radical (unpaired) electrons. The molecule has 5 nitrogen and oxygen atoms in total. The minimum atomic E-state index is -0.394. The Balaban J connectivity index is 1.97. The second-order valence-electron chi connectivity index (χ2n) is 5.22. The quantitative estimate of drug-likeness (QED) is 0.738. The first-order chi connectivity index (χ1) is 8.63. The zero-order valence-corrected chi connectivity index (χ0v) is 10.8. The molecule has 2 rings (SSSR count). The summed E-state index contributed by atoms with van der Waals surface area (Å²) < 4.78 is 4.75. The Morgan fingerprint density at radius 3 is 2.44 bits per heavy atom. The number of hydrogen-bond acceptors (Lipinski definition) is 4. The highest BCUT2D eigenvalue weighted by molar-refractivity contribution is 5.86. The van der Waals surface area contributed by atoms with Gasteiger partial charge in [0.15, 0.2) is 0 Å². The summed E-state index contributed by atoms with van der Waals surface area (Å²) in [6.07, 6.45) is 4.13.